The van der Waals surface area contributed by atoms with Crippen molar-refractivity contribution in [1.82, 2.24) is 9.88 Å². The number of benzene rings is 1. The minimum Gasteiger partial charge on any atom is -0.477 e. The van der Waals surface area contributed by atoms with Crippen LogP contribution in [0.4, 0.5) is 0 Å². The van der Waals surface area contributed by atoms with Crippen molar-refractivity contribution in [3.63, 3.8) is 0 Å². The maximum atomic E-state index is 13.1. The monoisotopic (exact) mass is 366 g/mol. The van der Waals surface area contributed by atoms with E-state index in [2.05, 4.69) is 29.2 Å². The molecule has 1 aliphatic heterocycles. The highest BCUT2D eigenvalue weighted by Crippen LogP contribution is 2.45. The van der Waals surface area contributed by atoms with Gasteiger partial charge in [0, 0.05) is 24.2 Å². The minimum atomic E-state index is -0.531. The predicted octanol–water partition coefficient (Wildman–Crippen LogP) is 2.78. The molecule has 4 rings (SSSR count). The Balaban J connectivity index is 1.52. The summed E-state index contributed by atoms with van der Waals surface area (Å²) in [4.78, 5) is 19.2. The zero-order chi connectivity index (χ0) is 19.0. The van der Waals surface area contributed by atoms with Crippen LogP contribution in [0.5, 0.6) is 5.88 Å². The molecule has 1 unspecified atom stereocenters. The van der Waals surface area contributed by atoms with Crippen LogP contribution >= 0.6 is 0 Å². The molecule has 1 aromatic carbocycles. The summed E-state index contributed by atoms with van der Waals surface area (Å²) in [6, 6.07) is 12.0. The number of aliphatic hydroxyl groups is 1. The number of hydrogen-bond donors (Lipinski definition) is 1. The Morgan fingerprint density at radius 1 is 1.26 bits per heavy atom. The number of ether oxygens (including phenoxy) is 1. The van der Waals surface area contributed by atoms with Crippen LogP contribution in [0, 0.1) is 12.3 Å². The molecule has 0 bridgehead atoms. The van der Waals surface area contributed by atoms with Gasteiger partial charge in [0.25, 0.3) is 5.91 Å². The largest absolute Gasteiger partial charge is 0.477 e. The van der Waals surface area contributed by atoms with Crippen LogP contribution < -0.4 is 4.74 Å². The van der Waals surface area contributed by atoms with E-state index >= 15 is 0 Å². The van der Waals surface area contributed by atoms with Crippen LogP contribution in [-0.2, 0) is 12.8 Å². The van der Waals surface area contributed by atoms with Gasteiger partial charge in [-0.25, -0.2) is 4.98 Å². The van der Waals surface area contributed by atoms with Gasteiger partial charge in [-0.3, -0.25) is 4.79 Å². The maximum absolute atomic E-state index is 13.1. The number of carbonyl (C=O) groups is 1. The molecule has 2 aliphatic rings. The summed E-state index contributed by atoms with van der Waals surface area (Å²) in [5, 5.41) is 11.0. The first kappa shape index (κ1) is 18.0. The molecule has 1 aromatic heterocycles. The highest BCUT2D eigenvalue weighted by molar-refractivity contribution is 5.96. The third kappa shape index (κ3) is 3.21. The average Bonchev–Trinajstić information content (AvgIpc) is 3.03. The van der Waals surface area contributed by atoms with Crippen molar-refractivity contribution in [3.8, 4) is 5.88 Å². The summed E-state index contributed by atoms with van der Waals surface area (Å²) < 4.78 is 5.57. The lowest BCUT2D eigenvalue weighted by Crippen LogP contribution is -2.53. The standard InChI is InChI=1S/C22H26N2O3/c1-3-27-20-18(9-8-15(2)23-20)21(26)24-11-10-22(19(25)14-24)12-16-6-4-5-7-17(16)13-22/h4-9,19,25H,3,10-14H2,1-2H3. The molecule has 0 radical (unpaired) electrons. The first-order valence-electron chi connectivity index (χ1n) is 9.67. The normalized spacial score (nSPS) is 20.6. The number of aromatic nitrogens is 1. The van der Waals surface area contributed by atoms with E-state index in [-0.39, 0.29) is 11.3 Å². The van der Waals surface area contributed by atoms with Gasteiger partial charge in [0.15, 0.2) is 0 Å². The van der Waals surface area contributed by atoms with Gasteiger partial charge >= 0.3 is 0 Å². The Morgan fingerprint density at radius 2 is 1.96 bits per heavy atom. The Labute approximate surface area is 160 Å². The SMILES string of the molecule is CCOc1nc(C)ccc1C(=O)N1CCC2(Cc3ccccc3C2)C(O)C1. The van der Waals surface area contributed by atoms with Gasteiger partial charge in [-0.15, -0.1) is 0 Å². The topological polar surface area (TPSA) is 62.7 Å². The van der Waals surface area contributed by atoms with Crippen molar-refractivity contribution < 1.29 is 14.6 Å². The fourth-order valence-corrected chi connectivity index (χ4v) is 4.45. The van der Waals surface area contributed by atoms with Gasteiger partial charge in [0.2, 0.25) is 5.88 Å². The Bertz CT molecular complexity index is 839. The van der Waals surface area contributed by atoms with Crippen molar-refractivity contribution in [2.24, 2.45) is 5.41 Å². The summed E-state index contributed by atoms with van der Waals surface area (Å²) in [6.45, 7) is 5.21. The first-order valence-corrected chi connectivity index (χ1v) is 9.67. The smallest absolute Gasteiger partial charge is 0.259 e. The summed E-state index contributed by atoms with van der Waals surface area (Å²) in [6.07, 6.45) is 2.06. The van der Waals surface area contributed by atoms with E-state index in [9.17, 15) is 9.90 Å². The van der Waals surface area contributed by atoms with Gasteiger partial charge in [0.05, 0.1) is 12.7 Å². The molecule has 2 aromatic rings. The van der Waals surface area contributed by atoms with Crippen molar-refractivity contribution in [2.75, 3.05) is 19.7 Å². The van der Waals surface area contributed by atoms with Crippen molar-refractivity contribution in [1.29, 1.82) is 0 Å². The molecule has 1 spiro atoms. The van der Waals surface area contributed by atoms with E-state index in [1.807, 2.05) is 19.9 Å². The van der Waals surface area contributed by atoms with Crippen LogP contribution in [0.3, 0.4) is 0 Å². The number of likely N-dealkylation sites (tertiary alicyclic amines) is 1. The fourth-order valence-electron chi connectivity index (χ4n) is 4.45. The highest BCUT2D eigenvalue weighted by atomic mass is 16.5. The number of piperidine rings is 1. The van der Waals surface area contributed by atoms with Crippen LogP contribution in [0.1, 0.15) is 40.5 Å². The second-order valence-electron chi connectivity index (χ2n) is 7.74. The maximum Gasteiger partial charge on any atom is 0.259 e. The summed E-state index contributed by atoms with van der Waals surface area (Å²) in [7, 11) is 0. The summed E-state index contributed by atoms with van der Waals surface area (Å²) in [5.41, 5.74) is 3.81. The fraction of sp³-hybridized carbons (Fsp3) is 0.455. The molecule has 1 aliphatic carbocycles. The molecule has 1 amide bonds. The molecule has 2 heterocycles. The predicted molar refractivity (Wildman–Crippen MR) is 103 cm³/mol. The van der Waals surface area contributed by atoms with Gasteiger partial charge < -0.3 is 14.7 Å². The summed E-state index contributed by atoms with van der Waals surface area (Å²) in [5.74, 6) is 0.265. The number of aryl methyl sites for hydroxylation is 1. The number of β-amino-alcohol motifs (C(OH)–C–C–N with tert-alkyl or cyclic N) is 1. The van der Waals surface area contributed by atoms with E-state index in [1.54, 1.807) is 11.0 Å². The Morgan fingerprint density at radius 3 is 2.59 bits per heavy atom. The van der Waals surface area contributed by atoms with E-state index in [0.717, 1.165) is 25.0 Å². The quantitative estimate of drug-likeness (QED) is 0.907. The number of amides is 1. The van der Waals surface area contributed by atoms with E-state index < -0.39 is 6.10 Å². The van der Waals surface area contributed by atoms with E-state index in [4.69, 9.17) is 4.74 Å². The third-order valence-corrected chi connectivity index (χ3v) is 5.98. The second-order valence-corrected chi connectivity index (χ2v) is 7.74. The average molecular weight is 366 g/mol. The molecule has 5 nitrogen and oxygen atoms in total. The van der Waals surface area contributed by atoms with Crippen LogP contribution in [0.25, 0.3) is 0 Å². The number of aliphatic hydroxyl groups excluding tert-OH is 1. The summed E-state index contributed by atoms with van der Waals surface area (Å²) >= 11 is 0. The van der Waals surface area contributed by atoms with Crippen molar-refractivity contribution in [2.45, 2.75) is 39.2 Å². The van der Waals surface area contributed by atoms with Crippen LogP contribution in [-0.4, -0.2) is 46.7 Å². The number of rotatable bonds is 3. The lowest BCUT2D eigenvalue weighted by molar-refractivity contribution is -0.0334. The highest BCUT2D eigenvalue weighted by Gasteiger charge is 2.47. The Kier molecular flexibility index (Phi) is 4.64. The van der Waals surface area contributed by atoms with Crippen molar-refractivity contribution >= 4 is 5.91 Å². The lowest BCUT2D eigenvalue weighted by atomic mass is 9.73. The van der Waals surface area contributed by atoms with Gasteiger partial charge in [-0.1, -0.05) is 24.3 Å². The Hall–Kier alpha value is -2.40. The molecule has 27 heavy (non-hydrogen) atoms. The minimum absolute atomic E-state index is 0.115. The van der Waals surface area contributed by atoms with E-state index in [0.29, 0.717) is 31.1 Å². The lowest BCUT2D eigenvalue weighted by Gasteiger charge is -2.43. The molecular weight excluding hydrogens is 340 g/mol. The molecule has 1 N–H and O–H groups in total. The molecule has 1 saturated heterocycles. The van der Waals surface area contributed by atoms with Gasteiger partial charge in [-0.05, 0) is 56.4 Å². The van der Waals surface area contributed by atoms with Crippen molar-refractivity contribution in [3.05, 3.63) is 58.8 Å². The molecule has 1 fully saturated rings. The zero-order valence-electron chi connectivity index (χ0n) is 15.9. The van der Waals surface area contributed by atoms with Crippen LogP contribution in [0.2, 0.25) is 0 Å². The number of carbonyl (C=O) groups excluding carboxylic acids is 1. The van der Waals surface area contributed by atoms with E-state index in [1.165, 1.54) is 11.1 Å². The second kappa shape index (κ2) is 6.97. The number of pyridine rings is 1. The number of fused-ring (bicyclic) bond motifs is 1. The molecular formula is C22H26N2O3. The van der Waals surface area contributed by atoms with Gasteiger partial charge in [0.1, 0.15) is 5.56 Å². The molecule has 5 heteroatoms. The molecule has 142 valence electrons. The van der Waals surface area contributed by atoms with Crippen LogP contribution in [0.15, 0.2) is 36.4 Å². The zero-order valence-corrected chi connectivity index (χ0v) is 15.9. The third-order valence-electron chi connectivity index (χ3n) is 5.98. The number of nitrogens with zero attached hydrogens (tertiary/aromatic N) is 2. The first-order chi connectivity index (χ1) is 13.0. The van der Waals surface area contributed by atoms with Gasteiger partial charge in [-0.2, -0.15) is 0 Å². The molecule has 1 atom stereocenters. The molecule has 0 saturated carbocycles. The number of hydrogen-bond acceptors (Lipinski definition) is 4.